The number of carbonyl (C=O) groups excluding carboxylic acids is 1. The molecule has 0 saturated carbocycles. The maximum Gasteiger partial charge on any atom is 0.416 e. The highest BCUT2D eigenvalue weighted by Gasteiger charge is 2.36. The van der Waals surface area contributed by atoms with Crippen LogP contribution in [-0.4, -0.2) is 16.1 Å². The van der Waals surface area contributed by atoms with Crippen LogP contribution in [0.5, 0.6) is 0 Å². The molecule has 2 aromatic rings. The van der Waals surface area contributed by atoms with Crippen LogP contribution in [0, 0.1) is 0 Å². The minimum absolute atomic E-state index is 0.0125. The number of hydrogen-bond acceptors (Lipinski definition) is 4. The third-order valence-electron chi connectivity index (χ3n) is 2.63. The number of aromatic nitrogens is 2. The fourth-order valence-electron chi connectivity index (χ4n) is 1.62. The first kappa shape index (κ1) is 17.9. The second-order valence-electron chi connectivity index (χ2n) is 4.41. The van der Waals surface area contributed by atoms with Gasteiger partial charge in [-0.05, 0) is 29.8 Å². The zero-order chi connectivity index (χ0) is 18.0. The van der Waals surface area contributed by atoms with Gasteiger partial charge in [-0.25, -0.2) is 0 Å². The van der Waals surface area contributed by atoms with Gasteiger partial charge in [-0.3, -0.25) is 10.1 Å². The summed E-state index contributed by atoms with van der Waals surface area (Å²) >= 11 is 0.999. The number of nitrogens with zero attached hydrogens (tertiary/aromatic N) is 2. The number of alkyl halides is 6. The Bertz CT molecular complexity index is 720. The Kier molecular flexibility index (Phi) is 4.92. The number of rotatable bonds is 3. The van der Waals surface area contributed by atoms with Gasteiger partial charge in [0.2, 0.25) is 11.0 Å². The van der Waals surface area contributed by atoms with E-state index in [-0.39, 0.29) is 11.2 Å². The first-order valence-corrected chi connectivity index (χ1v) is 6.98. The lowest BCUT2D eigenvalue weighted by Gasteiger charge is -2.12. The van der Waals surface area contributed by atoms with Crippen LogP contribution in [0.1, 0.15) is 16.7 Å². The average Bonchev–Trinajstić information content (AvgIpc) is 2.96. The SMILES string of the molecule is O=C(C=Cc1cc(C(F)(F)F)cc(C(F)(F)F)c1)Nc1nncs1. The van der Waals surface area contributed by atoms with Crippen molar-refractivity contribution in [3.63, 3.8) is 0 Å². The number of amides is 1. The van der Waals surface area contributed by atoms with Crippen molar-refractivity contribution >= 4 is 28.5 Å². The van der Waals surface area contributed by atoms with Gasteiger partial charge in [0, 0.05) is 6.08 Å². The number of anilines is 1. The van der Waals surface area contributed by atoms with Crippen molar-refractivity contribution < 1.29 is 31.1 Å². The molecule has 0 spiro atoms. The Morgan fingerprint density at radius 2 is 1.62 bits per heavy atom. The summed E-state index contributed by atoms with van der Waals surface area (Å²) in [5.41, 5.74) is -1.99. The summed E-state index contributed by atoms with van der Waals surface area (Å²) in [7, 11) is 0. The summed E-state index contributed by atoms with van der Waals surface area (Å²) < 4.78 is 76.2. The van der Waals surface area contributed by atoms with Crippen LogP contribution in [0.3, 0.4) is 0 Å². The summed E-state index contributed by atoms with van der Waals surface area (Å²) in [5, 5.41) is 9.36. The molecule has 2 rings (SSSR count). The minimum Gasteiger partial charge on any atom is -0.297 e. The van der Waals surface area contributed by atoms with Crippen molar-refractivity contribution in [3.8, 4) is 0 Å². The fraction of sp³-hybridized carbons (Fsp3) is 0.154. The molecular formula is C13H7F6N3OS. The van der Waals surface area contributed by atoms with Gasteiger partial charge >= 0.3 is 12.4 Å². The summed E-state index contributed by atoms with van der Waals surface area (Å²) in [5.74, 6) is -0.766. The van der Waals surface area contributed by atoms with Crippen molar-refractivity contribution in [2.45, 2.75) is 12.4 Å². The predicted octanol–water partition coefficient (Wildman–Crippen LogP) is 4.23. The van der Waals surface area contributed by atoms with E-state index in [1.165, 1.54) is 5.51 Å². The maximum atomic E-state index is 12.7. The Morgan fingerprint density at radius 1 is 1.04 bits per heavy atom. The molecule has 0 aliphatic rings. The quantitative estimate of drug-likeness (QED) is 0.653. The standard InChI is InChI=1S/C13H7F6N3OS/c14-12(15,16)8-3-7(4-9(5-8)13(17,18)19)1-2-10(23)21-11-22-20-6-24-11/h1-6H,(H,21,22,23). The molecule has 0 radical (unpaired) electrons. The lowest BCUT2D eigenvalue weighted by molar-refractivity contribution is -0.143. The molecule has 1 heterocycles. The molecule has 128 valence electrons. The second-order valence-corrected chi connectivity index (χ2v) is 5.24. The first-order valence-electron chi connectivity index (χ1n) is 6.10. The van der Waals surface area contributed by atoms with Crippen LogP contribution in [0.4, 0.5) is 31.5 Å². The van der Waals surface area contributed by atoms with Gasteiger partial charge in [0.05, 0.1) is 11.1 Å². The molecule has 24 heavy (non-hydrogen) atoms. The van der Waals surface area contributed by atoms with Crippen LogP contribution in [0.25, 0.3) is 6.08 Å². The van der Waals surface area contributed by atoms with E-state index >= 15 is 0 Å². The van der Waals surface area contributed by atoms with E-state index in [1.807, 2.05) is 0 Å². The Morgan fingerprint density at radius 3 is 2.08 bits per heavy atom. The molecule has 0 aliphatic heterocycles. The van der Waals surface area contributed by atoms with Crippen LogP contribution in [0.2, 0.25) is 0 Å². The van der Waals surface area contributed by atoms with Gasteiger partial charge < -0.3 is 0 Å². The van der Waals surface area contributed by atoms with Crippen LogP contribution < -0.4 is 5.32 Å². The monoisotopic (exact) mass is 367 g/mol. The molecule has 1 amide bonds. The zero-order valence-electron chi connectivity index (χ0n) is 11.4. The molecule has 0 saturated heterocycles. The Hall–Kier alpha value is -2.43. The molecule has 4 nitrogen and oxygen atoms in total. The normalized spacial score (nSPS) is 12.6. The number of benzene rings is 1. The molecule has 0 unspecified atom stereocenters. The molecule has 0 aliphatic carbocycles. The van der Waals surface area contributed by atoms with Gasteiger partial charge in [0.25, 0.3) is 0 Å². The van der Waals surface area contributed by atoms with E-state index in [0.717, 1.165) is 23.5 Å². The van der Waals surface area contributed by atoms with Crippen molar-refractivity contribution in [1.29, 1.82) is 0 Å². The maximum absolute atomic E-state index is 12.7. The highest BCUT2D eigenvalue weighted by molar-refractivity contribution is 7.13. The Balaban J connectivity index is 2.28. The molecule has 0 bridgehead atoms. The number of carbonyl (C=O) groups is 1. The smallest absolute Gasteiger partial charge is 0.297 e. The molecule has 1 aromatic heterocycles. The predicted molar refractivity (Wildman–Crippen MR) is 74.0 cm³/mol. The van der Waals surface area contributed by atoms with E-state index in [2.05, 4.69) is 15.5 Å². The number of nitrogens with one attached hydrogen (secondary N) is 1. The summed E-state index contributed by atoms with van der Waals surface area (Å²) in [6.45, 7) is 0. The van der Waals surface area contributed by atoms with Crippen molar-refractivity contribution in [1.82, 2.24) is 10.2 Å². The largest absolute Gasteiger partial charge is 0.416 e. The molecule has 0 atom stereocenters. The van der Waals surface area contributed by atoms with Gasteiger partial charge in [-0.1, -0.05) is 11.3 Å². The highest BCUT2D eigenvalue weighted by Crippen LogP contribution is 2.36. The topological polar surface area (TPSA) is 54.9 Å². The molecule has 1 aromatic carbocycles. The zero-order valence-corrected chi connectivity index (χ0v) is 12.3. The third-order valence-corrected chi connectivity index (χ3v) is 3.23. The van der Waals surface area contributed by atoms with E-state index in [4.69, 9.17) is 0 Å². The number of hydrogen-bond donors (Lipinski definition) is 1. The lowest BCUT2D eigenvalue weighted by atomic mass is 10.0. The molecular weight excluding hydrogens is 360 g/mol. The second kappa shape index (κ2) is 6.59. The summed E-state index contributed by atoms with van der Waals surface area (Å²) in [6.07, 6.45) is -8.24. The summed E-state index contributed by atoms with van der Waals surface area (Å²) in [6, 6.07) is 1.05. The van der Waals surface area contributed by atoms with Gasteiger partial charge in [-0.15, -0.1) is 10.2 Å². The lowest BCUT2D eigenvalue weighted by Crippen LogP contribution is -2.11. The van der Waals surface area contributed by atoms with Crippen LogP contribution in [-0.2, 0) is 17.1 Å². The van der Waals surface area contributed by atoms with E-state index in [0.29, 0.717) is 12.1 Å². The van der Waals surface area contributed by atoms with E-state index < -0.39 is 35.0 Å². The van der Waals surface area contributed by atoms with Gasteiger partial charge in [-0.2, -0.15) is 26.3 Å². The van der Waals surface area contributed by atoms with Crippen molar-refractivity contribution in [3.05, 3.63) is 46.5 Å². The minimum atomic E-state index is -4.95. The highest BCUT2D eigenvalue weighted by atomic mass is 32.1. The van der Waals surface area contributed by atoms with Crippen LogP contribution >= 0.6 is 11.3 Å². The van der Waals surface area contributed by atoms with Crippen molar-refractivity contribution in [2.75, 3.05) is 5.32 Å². The first-order chi connectivity index (χ1) is 11.1. The van der Waals surface area contributed by atoms with Crippen LogP contribution in [0.15, 0.2) is 29.8 Å². The van der Waals surface area contributed by atoms with Gasteiger partial charge in [0.15, 0.2) is 0 Å². The van der Waals surface area contributed by atoms with Gasteiger partial charge in [0.1, 0.15) is 5.51 Å². The average molecular weight is 367 g/mol. The summed E-state index contributed by atoms with van der Waals surface area (Å²) in [4.78, 5) is 11.5. The molecule has 11 heteroatoms. The Labute approximate surface area is 134 Å². The fourth-order valence-corrected chi connectivity index (χ4v) is 2.07. The van der Waals surface area contributed by atoms with E-state index in [9.17, 15) is 31.1 Å². The third kappa shape index (κ3) is 4.78. The van der Waals surface area contributed by atoms with E-state index in [1.54, 1.807) is 0 Å². The number of halogens is 6. The molecule has 0 fully saturated rings. The molecule has 1 N–H and O–H groups in total. The van der Waals surface area contributed by atoms with Crippen molar-refractivity contribution in [2.24, 2.45) is 0 Å².